The summed E-state index contributed by atoms with van der Waals surface area (Å²) in [7, 11) is 1.63. The summed E-state index contributed by atoms with van der Waals surface area (Å²) in [5, 5.41) is 11.6. The van der Waals surface area contributed by atoms with Crippen molar-refractivity contribution in [3.05, 3.63) is 52.4 Å². The first-order chi connectivity index (χ1) is 9.54. The molecule has 2 aromatic rings. The zero-order valence-corrected chi connectivity index (χ0v) is 12.2. The largest absolute Gasteiger partial charge is 0.457 e. The van der Waals surface area contributed by atoms with Gasteiger partial charge in [0, 0.05) is 18.3 Å². The Morgan fingerprint density at radius 1 is 1.45 bits per heavy atom. The number of halogens is 1. The van der Waals surface area contributed by atoms with Crippen molar-refractivity contribution in [2.75, 3.05) is 11.9 Å². The van der Waals surface area contributed by atoms with Crippen LogP contribution in [0.3, 0.4) is 0 Å². The minimum atomic E-state index is -0.234. The molecule has 0 unspecified atom stereocenters. The first-order valence-electron chi connectivity index (χ1n) is 5.63. The molecule has 0 spiro atoms. The molecule has 7 heteroatoms. The summed E-state index contributed by atoms with van der Waals surface area (Å²) in [4.78, 5) is 13.8. The van der Waals surface area contributed by atoms with E-state index in [1.807, 2.05) is 0 Å². The van der Waals surface area contributed by atoms with Crippen LogP contribution in [0.4, 0.5) is 5.69 Å². The van der Waals surface area contributed by atoms with Crippen molar-refractivity contribution >= 4 is 33.4 Å². The van der Waals surface area contributed by atoms with E-state index >= 15 is 0 Å². The third-order valence-electron chi connectivity index (χ3n) is 2.79. The number of hydrogen-bond donors (Lipinski definition) is 2. The van der Waals surface area contributed by atoms with E-state index in [1.54, 1.807) is 37.4 Å². The van der Waals surface area contributed by atoms with Crippen LogP contribution >= 0.6 is 15.9 Å². The molecular formula is C13H12BrN3O3. The zero-order valence-electron chi connectivity index (χ0n) is 10.6. The Balaban J connectivity index is 2.32. The molecule has 0 bridgehead atoms. The van der Waals surface area contributed by atoms with Gasteiger partial charge in [0.25, 0.3) is 5.91 Å². The van der Waals surface area contributed by atoms with E-state index in [9.17, 15) is 4.79 Å². The van der Waals surface area contributed by atoms with Gasteiger partial charge in [0.05, 0.1) is 11.8 Å². The Morgan fingerprint density at radius 2 is 2.20 bits per heavy atom. The summed E-state index contributed by atoms with van der Waals surface area (Å²) in [6.45, 7) is 0. The number of anilines is 1. The SMILES string of the molecule is CN(C(=O)c1ccoc1Br)c1cccc(/C(N)=N/O)c1. The number of nitrogens with zero attached hydrogens (tertiary/aromatic N) is 2. The van der Waals surface area contributed by atoms with Crippen LogP contribution in [0.15, 0.2) is 50.8 Å². The molecular weight excluding hydrogens is 326 g/mol. The number of furan rings is 1. The van der Waals surface area contributed by atoms with E-state index in [1.165, 1.54) is 11.2 Å². The third kappa shape index (κ3) is 2.67. The van der Waals surface area contributed by atoms with Crippen LogP contribution in [0.5, 0.6) is 0 Å². The third-order valence-corrected chi connectivity index (χ3v) is 3.40. The average Bonchev–Trinajstić information content (AvgIpc) is 2.91. The maximum absolute atomic E-state index is 12.3. The highest BCUT2D eigenvalue weighted by Crippen LogP contribution is 2.22. The molecule has 3 N–H and O–H groups in total. The van der Waals surface area contributed by atoms with Gasteiger partial charge >= 0.3 is 0 Å². The Labute approximate surface area is 123 Å². The van der Waals surface area contributed by atoms with Gasteiger partial charge < -0.3 is 20.3 Å². The molecule has 0 aliphatic carbocycles. The molecule has 6 nitrogen and oxygen atoms in total. The summed E-state index contributed by atoms with van der Waals surface area (Å²) in [6, 6.07) is 8.39. The summed E-state index contributed by atoms with van der Waals surface area (Å²) in [5.74, 6) is -0.250. The fraction of sp³-hybridized carbons (Fsp3) is 0.0769. The van der Waals surface area contributed by atoms with Crippen molar-refractivity contribution in [2.45, 2.75) is 0 Å². The Bertz CT molecular complexity index is 666. The molecule has 0 saturated heterocycles. The molecule has 0 aliphatic heterocycles. The highest BCUT2D eigenvalue weighted by atomic mass is 79.9. The van der Waals surface area contributed by atoms with Crippen LogP contribution in [0.2, 0.25) is 0 Å². The standard InChI is InChI=1S/C13H12BrN3O3/c1-17(13(18)10-5-6-20-11(10)14)9-4-2-3-8(7-9)12(15)16-19/h2-7,19H,1H3,(H2,15,16). The van der Waals surface area contributed by atoms with Crippen molar-refractivity contribution in [3.63, 3.8) is 0 Å². The average molecular weight is 338 g/mol. The lowest BCUT2D eigenvalue weighted by molar-refractivity contribution is 0.0991. The fourth-order valence-corrected chi connectivity index (χ4v) is 2.09. The lowest BCUT2D eigenvalue weighted by Gasteiger charge is -2.17. The van der Waals surface area contributed by atoms with Crippen molar-refractivity contribution in [1.82, 2.24) is 0 Å². The van der Waals surface area contributed by atoms with Gasteiger partial charge in [-0.1, -0.05) is 17.3 Å². The van der Waals surface area contributed by atoms with Crippen LogP contribution in [-0.2, 0) is 0 Å². The van der Waals surface area contributed by atoms with Crippen molar-refractivity contribution < 1.29 is 14.4 Å². The van der Waals surface area contributed by atoms with E-state index in [0.717, 1.165) is 0 Å². The predicted octanol–water partition coefficient (Wildman–Crippen LogP) is 2.41. The molecule has 1 amide bonds. The van der Waals surface area contributed by atoms with Gasteiger partial charge in [0.2, 0.25) is 0 Å². The minimum Gasteiger partial charge on any atom is -0.457 e. The number of amidine groups is 1. The normalized spacial score (nSPS) is 11.4. The highest BCUT2D eigenvalue weighted by Gasteiger charge is 2.18. The second kappa shape index (κ2) is 5.79. The highest BCUT2D eigenvalue weighted by molar-refractivity contribution is 9.10. The zero-order chi connectivity index (χ0) is 14.7. The van der Waals surface area contributed by atoms with E-state index < -0.39 is 0 Å². The second-order valence-electron chi connectivity index (χ2n) is 4.01. The topological polar surface area (TPSA) is 92.1 Å². The number of oxime groups is 1. The number of benzene rings is 1. The van der Waals surface area contributed by atoms with Crippen LogP contribution < -0.4 is 10.6 Å². The molecule has 2 rings (SSSR count). The first-order valence-corrected chi connectivity index (χ1v) is 6.43. The number of amides is 1. The smallest absolute Gasteiger partial charge is 0.262 e. The maximum Gasteiger partial charge on any atom is 0.262 e. The monoisotopic (exact) mass is 337 g/mol. The van der Waals surface area contributed by atoms with Crippen LogP contribution in [0, 0.1) is 0 Å². The van der Waals surface area contributed by atoms with E-state index in [-0.39, 0.29) is 11.7 Å². The van der Waals surface area contributed by atoms with Crippen molar-refractivity contribution in [1.29, 1.82) is 0 Å². The predicted molar refractivity (Wildman–Crippen MR) is 78.1 cm³/mol. The lowest BCUT2D eigenvalue weighted by Crippen LogP contribution is -2.26. The maximum atomic E-state index is 12.3. The summed E-state index contributed by atoms with van der Waals surface area (Å²) in [5.41, 5.74) is 7.09. The van der Waals surface area contributed by atoms with E-state index in [0.29, 0.717) is 21.5 Å². The number of rotatable bonds is 3. The molecule has 0 fully saturated rings. The Kier molecular flexibility index (Phi) is 4.09. The summed E-state index contributed by atoms with van der Waals surface area (Å²) in [6.07, 6.45) is 1.43. The van der Waals surface area contributed by atoms with Gasteiger partial charge in [-0.2, -0.15) is 0 Å². The van der Waals surface area contributed by atoms with Crippen molar-refractivity contribution in [3.8, 4) is 0 Å². The molecule has 0 saturated carbocycles. The van der Waals surface area contributed by atoms with Gasteiger partial charge in [-0.15, -0.1) is 0 Å². The molecule has 1 aromatic heterocycles. The lowest BCUT2D eigenvalue weighted by atomic mass is 10.1. The first kappa shape index (κ1) is 14.1. The fourth-order valence-electron chi connectivity index (χ4n) is 1.68. The van der Waals surface area contributed by atoms with E-state index in [2.05, 4.69) is 21.1 Å². The van der Waals surface area contributed by atoms with Crippen LogP contribution in [0.25, 0.3) is 0 Å². The quantitative estimate of drug-likeness (QED) is 0.389. The second-order valence-corrected chi connectivity index (χ2v) is 4.73. The van der Waals surface area contributed by atoms with Gasteiger partial charge in [-0.05, 0) is 34.1 Å². The molecule has 0 aliphatic rings. The summed E-state index contributed by atoms with van der Waals surface area (Å²) < 4.78 is 5.42. The van der Waals surface area contributed by atoms with Gasteiger partial charge in [0.15, 0.2) is 10.5 Å². The molecule has 20 heavy (non-hydrogen) atoms. The summed E-state index contributed by atoms with van der Waals surface area (Å²) >= 11 is 3.17. The van der Waals surface area contributed by atoms with Crippen LogP contribution in [-0.4, -0.2) is 24.0 Å². The molecule has 104 valence electrons. The number of nitrogens with two attached hydrogens (primary N) is 1. The van der Waals surface area contributed by atoms with Crippen LogP contribution in [0.1, 0.15) is 15.9 Å². The molecule has 1 aromatic carbocycles. The number of hydrogen-bond acceptors (Lipinski definition) is 4. The van der Waals surface area contributed by atoms with E-state index in [4.69, 9.17) is 15.4 Å². The van der Waals surface area contributed by atoms with Crippen molar-refractivity contribution in [2.24, 2.45) is 10.9 Å². The molecule has 0 radical (unpaired) electrons. The molecule has 0 atom stereocenters. The Hall–Kier alpha value is -2.28. The van der Waals surface area contributed by atoms with Gasteiger partial charge in [-0.3, -0.25) is 4.79 Å². The number of carbonyl (C=O) groups is 1. The van der Waals surface area contributed by atoms with Gasteiger partial charge in [-0.25, -0.2) is 0 Å². The number of carbonyl (C=O) groups excluding carboxylic acids is 1. The Morgan fingerprint density at radius 3 is 2.80 bits per heavy atom. The van der Waals surface area contributed by atoms with Gasteiger partial charge in [0.1, 0.15) is 0 Å². The minimum absolute atomic E-state index is 0.0165. The molecule has 1 heterocycles.